The number of urea groups is 1. The van der Waals surface area contributed by atoms with Crippen molar-refractivity contribution >= 4 is 11.9 Å². The summed E-state index contributed by atoms with van der Waals surface area (Å²) in [7, 11) is 0. The van der Waals surface area contributed by atoms with E-state index >= 15 is 0 Å². The predicted molar refractivity (Wildman–Crippen MR) is 48.5 cm³/mol. The molecule has 0 aliphatic carbocycles. The average Bonchev–Trinajstić information content (AvgIpc) is 2.48. The molecule has 5 nitrogen and oxygen atoms in total. The number of nitrogens with one attached hydrogen (secondary N) is 2. The summed E-state index contributed by atoms with van der Waals surface area (Å²) in [5.41, 5.74) is 0.721. The average molecular weight is 181 g/mol. The second kappa shape index (κ2) is 4.30. The molecule has 0 aliphatic rings. The van der Waals surface area contributed by atoms with Gasteiger partial charge in [0.15, 0.2) is 0 Å². The van der Waals surface area contributed by atoms with E-state index < -0.39 is 0 Å². The molecule has 1 aromatic rings. The minimum atomic E-state index is -0.337. The van der Waals surface area contributed by atoms with Gasteiger partial charge in [0.1, 0.15) is 0 Å². The molecule has 1 rings (SSSR count). The molecule has 5 heteroatoms. The summed E-state index contributed by atoms with van der Waals surface area (Å²) in [4.78, 5) is 11.0. The Labute approximate surface area is 75.8 Å². The number of aromatic nitrogens is 1. The van der Waals surface area contributed by atoms with E-state index in [2.05, 4.69) is 22.4 Å². The van der Waals surface area contributed by atoms with Crippen LogP contribution in [-0.4, -0.2) is 17.7 Å². The van der Waals surface area contributed by atoms with Gasteiger partial charge < -0.3 is 9.84 Å². The van der Waals surface area contributed by atoms with E-state index in [0.29, 0.717) is 12.4 Å². The Morgan fingerprint density at radius 1 is 1.85 bits per heavy atom. The zero-order valence-electron chi connectivity index (χ0n) is 7.33. The highest BCUT2D eigenvalue weighted by molar-refractivity contribution is 5.87. The summed E-state index contributed by atoms with van der Waals surface area (Å²) in [5, 5.41) is 8.62. The van der Waals surface area contributed by atoms with Gasteiger partial charge in [-0.05, 0) is 6.92 Å². The van der Waals surface area contributed by atoms with Crippen molar-refractivity contribution in [3.05, 3.63) is 24.4 Å². The lowest BCUT2D eigenvalue weighted by molar-refractivity contribution is 0.252. The molecule has 0 atom stereocenters. The molecule has 0 bridgehead atoms. The van der Waals surface area contributed by atoms with Crippen molar-refractivity contribution in [3.8, 4) is 0 Å². The van der Waals surface area contributed by atoms with Crippen LogP contribution in [0.15, 0.2) is 23.2 Å². The molecule has 0 aliphatic heterocycles. The summed E-state index contributed by atoms with van der Waals surface area (Å²) in [6, 6.07) is 1.30. The van der Waals surface area contributed by atoms with Crippen LogP contribution in [0.1, 0.15) is 5.69 Å². The molecule has 70 valence electrons. The number of nitrogens with zero attached hydrogens (tertiary/aromatic N) is 1. The van der Waals surface area contributed by atoms with Crippen molar-refractivity contribution in [1.29, 1.82) is 0 Å². The summed E-state index contributed by atoms with van der Waals surface area (Å²) < 4.78 is 4.77. The predicted octanol–water partition coefficient (Wildman–Crippen LogP) is 1.29. The van der Waals surface area contributed by atoms with Gasteiger partial charge in [-0.1, -0.05) is 11.2 Å². The largest absolute Gasteiger partial charge is 0.338 e. The van der Waals surface area contributed by atoms with Crippen LogP contribution >= 0.6 is 0 Å². The summed E-state index contributed by atoms with van der Waals surface area (Å²) in [6.07, 6.45) is 1.59. The van der Waals surface area contributed by atoms with Gasteiger partial charge >= 0.3 is 6.03 Å². The smallest absolute Gasteiger partial charge is 0.321 e. The lowest BCUT2D eigenvalue weighted by atomic mass is 10.5. The quantitative estimate of drug-likeness (QED) is 0.690. The first-order chi connectivity index (χ1) is 6.22. The molecule has 0 radical (unpaired) electrons. The number of carbonyl (C=O) groups is 1. The van der Waals surface area contributed by atoms with E-state index in [1.807, 2.05) is 0 Å². The molecule has 13 heavy (non-hydrogen) atoms. The Bertz CT molecular complexity index is 306. The van der Waals surface area contributed by atoms with Gasteiger partial charge in [-0.25, -0.2) is 4.79 Å². The number of anilines is 1. The van der Waals surface area contributed by atoms with Crippen molar-refractivity contribution < 1.29 is 9.32 Å². The van der Waals surface area contributed by atoms with Gasteiger partial charge in [0.05, 0.1) is 5.69 Å². The fourth-order valence-corrected chi connectivity index (χ4v) is 0.743. The third-order valence-electron chi connectivity index (χ3n) is 1.27. The fraction of sp³-hybridized carbons (Fsp3) is 0.250. The van der Waals surface area contributed by atoms with Crippen LogP contribution in [0, 0.1) is 6.92 Å². The summed E-state index contributed by atoms with van der Waals surface area (Å²) in [5.74, 6) is 0.332. The van der Waals surface area contributed by atoms with E-state index in [4.69, 9.17) is 4.52 Å². The highest BCUT2D eigenvalue weighted by atomic mass is 16.5. The van der Waals surface area contributed by atoms with Gasteiger partial charge in [0.2, 0.25) is 5.88 Å². The van der Waals surface area contributed by atoms with Crippen molar-refractivity contribution in [1.82, 2.24) is 10.5 Å². The Morgan fingerprint density at radius 2 is 2.62 bits per heavy atom. The molecule has 0 spiro atoms. The SMILES string of the molecule is C=CCNC(=O)Nc1cc(C)no1. The second-order valence-electron chi connectivity index (χ2n) is 2.46. The molecule has 2 amide bonds. The highest BCUT2D eigenvalue weighted by Gasteiger charge is 2.03. The van der Waals surface area contributed by atoms with Crippen molar-refractivity contribution in [2.24, 2.45) is 0 Å². The third kappa shape index (κ3) is 2.98. The fourth-order valence-electron chi connectivity index (χ4n) is 0.743. The van der Waals surface area contributed by atoms with Crippen molar-refractivity contribution in [3.63, 3.8) is 0 Å². The molecule has 1 heterocycles. The third-order valence-corrected chi connectivity index (χ3v) is 1.27. The van der Waals surface area contributed by atoms with E-state index in [9.17, 15) is 4.79 Å². The van der Waals surface area contributed by atoms with Crippen LogP contribution in [0.3, 0.4) is 0 Å². The number of amides is 2. The first-order valence-corrected chi connectivity index (χ1v) is 3.81. The molecule has 0 unspecified atom stereocenters. The van der Waals surface area contributed by atoms with Crippen molar-refractivity contribution in [2.45, 2.75) is 6.92 Å². The maximum absolute atomic E-state index is 11.0. The summed E-state index contributed by atoms with van der Waals surface area (Å²) in [6.45, 7) is 5.66. The number of rotatable bonds is 3. The lowest BCUT2D eigenvalue weighted by Gasteiger charge is -2.00. The highest BCUT2D eigenvalue weighted by Crippen LogP contribution is 2.07. The molecule has 0 saturated carbocycles. The zero-order chi connectivity index (χ0) is 9.68. The van der Waals surface area contributed by atoms with E-state index in [0.717, 1.165) is 5.69 Å². The molecule has 0 aromatic carbocycles. The maximum atomic E-state index is 11.0. The minimum Gasteiger partial charge on any atom is -0.338 e. The van der Waals surface area contributed by atoms with E-state index in [-0.39, 0.29) is 6.03 Å². The zero-order valence-corrected chi connectivity index (χ0v) is 7.33. The maximum Gasteiger partial charge on any atom is 0.321 e. The minimum absolute atomic E-state index is 0.332. The first-order valence-electron chi connectivity index (χ1n) is 3.81. The van der Waals surface area contributed by atoms with Gasteiger partial charge in [-0.3, -0.25) is 5.32 Å². The Hall–Kier alpha value is -1.78. The molecule has 1 aromatic heterocycles. The number of hydrogen-bond acceptors (Lipinski definition) is 3. The molecule has 0 fully saturated rings. The number of aryl methyl sites for hydroxylation is 1. The van der Waals surface area contributed by atoms with Crippen LogP contribution in [-0.2, 0) is 0 Å². The topological polar surface area (TPSA) is 67.2 Å². The van der Waals surface area contributed by atoms with Crippen molar-refractivity contribution in [2.75, 3.05) is 11.9 Å². The van der Waals surface area contributed by atoms with Gasteiger partial charge in [-0.2, -0.15) is 0 Å². The van der Waals surface area contributed by atoms with Crippen LogP contribution in [0.2, 0.25) is 0 Å². The molecule has 2 N–H and O–H groups in total. The van der Waals surface area contributed by atoms with Crippen LogP contribution in [0.4, 0.5) is 10.7 Å². The lowest BCUT2D eigenvalue weighted by Crippen LogP contribution is -2.28. The van der Waals surface area contributed by atoms with E-state index in [1.54, 1.807) is 19.1 Å². The number of carbonyl (C=O) groups excluding carboxylic acids is 1. The first kappa shape index (κ1) is 9.31. The Kier molecular flexibility index (Phi) is 3.08. The second-order valence-corrected chi connectivity index (χ2v) is 2.46. The summed E-state index contributed by atoms with van der Waals surface area (Å²) >= 11 is 0. The number of hydrogen-bond donors (Lipinski definition) is 2. The van der Waals surface area contributed by atoms with Crippen LogP contribution in [0.25, 0.3) is 0 Å². The van der Waals surface area contributed by atoms with Crippen LogP contribution in [0.5, 0.6) is 0 Å². The monoisotopic (exact) mass is 181 g/mol. The van der Waals surface area contributed by atoms with Gasteiger partial charge in [0.25, 0.3) is 0 Å². The Morgan fingerprint density at radius 3 is 3.15 bits per heavy atom. The van der Waals surface area contributed by atoms with Gasteiger partial charge in [-0.15, -0.1) is 6.58 Å². The van der Waals surface area contributed by atoms with Gasteiger partial charge in [0, 0.05) is 12.6 Å². The molecular formula is C8H11N3O2. The normalized spacial score (nSPS) is 9.31. The molecule has 0 saturated heterocycles. The molecular weight excluding hydrogens is 170 g/mol. The Balaban J connectivity index is 2.40. The van der Waals surface area contributed by atoms with E-state index in [1.165, 1.54) is 0 Å². The van der Waals surface area contributed by atoms with Crippen LogP contribution < -0.4 is 10.6 Å². The standard InChI is InChI=1S/C8H11N3O2/c1-3-4-9-8(12)10-7-5-6(2)11-13-7/h3,5H,1,4H2,2H3,(H2,9,10,12).